The molecule has 3 aromatic heterocycles. The maximum atomic E-state index is 12.6. The fourth-order valence-corrected chi connectivity index (χ4v) is 3.68. The van der Waals surface area contributed by atoms with E-state index in [-0.39, 0.29) is 5.56 Å². The second-order valence-corrected chi connectivity index (χ2v) is 6.45. The Kier molecular flexibility index (Phi) is 3.04. The number of hydrogen-bond acceptors (Lipinski definition) is 1. The van der Waals surface area contributed by atoms with Crippen molar-refractivity contribution in [3.05, 3.63) is 72.3 Å². The lowest BCUT2D eigenvalue weighted by Gasteiger charge is -2.06. The molecule has 0 fully saturated rings. The maximum absolute atomic E-state index is 12.6. The Bertz CT molecular complexity index is 1230. The number of halogens is 3. The van der Waals surface area contributed by atoms with Crippen LogP contribution in [0, 0.1) is 0 Å². The van der Waals surface area contributed by atoms with Gasteiger partial charge in [-0.15, -0.1) is 0 Å². The fourth-order valence-electron chi connectivity index (χ4n) is 3.68. The van der Waals surface area contributed by atoms with Gasteiger partial charge in [-0.1, -0.05) is 54.6 Å². The Morgan fingerprint density at radius 2 is 1.54 bits per heavy atom. The van der Waals surface area contributed by atoms with Gasteiger partial charge in [0.05, 0.1) is 23.1 Å². The van der Waals surface area contributed by atoms with Crippen LogP contribution in [0.25, 0.3) is 38.7 Å². The molecule has 2 aromatic carbocycles. The molecule has 0 N–H and O–H groups in total. The first-order valence-electron chi connectivity index (χ1n) is 8.28. The van der Waals surface area contributed by atoms with Crippen LogP contribution in [-0.2, 0) is 6.42 Å². The Morgan fingerprint density at radius 1 is 0.808 bits per heavy atom. The van der Waals surface area contributed by atoms with Crippen molar-refractivity contribution in [2.75, 3.05) is 0 Å². The van der Waals surface area contributed by atoms with Crippen molar-refractivity contribution in [1.29, 1.82) is 0 Å². The summed E-state index contributed by atoms with van der Waals surface area (Å²) in [6, 6.07) is 20.6. The zero-order valence-electron chi connectivity index (χ0n) is 13.6. The van der Waals surface area contributed by atoms with E-state index in [1.165, 1.54) is 12.1 Å². The summed E-state index contributed by atoms with van der Waals surface area (Å²) in [5.41, 5.74) is 4.78. The van der Waals surface area contributed by atoms with E-state index in [1.54, 1.807) is 12.1 Å². The van der Waals surface area contributed by atoms with Crippen LogP contribution in [0.4, 0.5) is 13.2 Å². The van der Waals surface area contributed by atoms with Crippen LogP contribution in [-0.4, -0.2) is 15.6 Å². The van der Waals surface area contributed by atoms with Crippen LogP contribution < -0.4 is 0 Å². The molecule has 0 spiro atoms. The molecule has 5 heteroatoms. The van der Waals surface area contributed by atoms with E-state index in [0.29, 0.717) is 0 Å². The number of aromatic nitrogens is 2. The third-order valence-corrected chi connectivity index (χ3v) is 4.73. The predicted molar refractivity (Wildman–Crippen MR) is 96.6 cm³/mol. The minimum absolute atomic E-state index is 0.252. The predicted octanol–water partition coefficient (Wildman–Crippen LogP) is 5.85. The van der Waals surface area contributed by atoms with Crippen LogP contribution in [0.1, 0.15) is 5.56 Å². The van der Waals surface area contributed by atoms with Crippen molar-refractivity contribution in [3.8, 4) is 11.3 Å². The van der Waals surface area contributed by atoms with Crippen LogP contribution in [0.2, 0.25) is 0 Å². The third kappa shape index (κ3) is 2.24. The van der Waals surface area contributed by atoms with Crippen molar-refractivity contribution in [2.24, 2.45) is 0 Å². The summed E-state index contributed by atoms with van der Waals surface area (Å²) in [4.78, 5) is 4.74. The van der Waals surface area contributed by atoms with E-state index in [0.717, 1.165) is 38.7 Å². The van der Waals surface area contributed by atoms with Gasteiger partial charge in [0.15, 0.2) is 0 Å². The largest absolute Gasteiger partial charge is 0.393 e. The summed E-state index contributed by atoms with van der Waals surface area (Å²) >= 11 is 0. The van der Waals surface area contributed by atoms with E-state index < -0.39 is 12.6 Å². The van der Waals surface area contributed by atoms with Gasteiger partial charge in [-0.05, 0) is 17.7 Å². The standard InChI is InChI=1S/C21H13F3N2/c22-21(23,24)12-13-8-10-14(11-9-13)19-20-16-5-2-1-4-15(16)17-6-3-7-18(25-19)26(17)20/h1-11H,12H2. The van der Waals surface area contributed by atoms with Gasteiger partial charge in [-0.2, -0.15) is 13.2 Å². The molecular formula is C21H13F3N2. The molecule has 5 aromatic rings. The number of nitrogens with zero attached hydrogens (tertiary/aromatic N) is 2. The Labute approximate surface area is 146 Å². The molecule has 0 amide bonds. The smallest absolute Gasteiger partial charge is 0.292 e. The number of fused-ring (bicyclic) bond motifs is 3. The van der Waals surface area contributed by atoms with Crippen molar-refractivity contribution >= 4 is 27.5 Å². The molecule has 0 saturated heterocycles. The van der Waals surface area contributed by atoms with Gasteiger partial charge < -0.3 is 0 Å². The molecule has 2 nitrogen and oxygen atoms in total. The molecule has 128 valence electrons. The van der Waals surface area contributed by atoms with Gasteiger partial charge >= 0.3 is 6.18 Å². The van der Waals surface area contributed by atoms with E-state index in [4.69, 9.17) is 4.98 Å². The number of imidazole rings is 1. The Morgan fingerprint density at radius 3 is 2.27 bits per heavy atom. The van der Waals surface area contributed by atoms with Gasteiger partial charge in [0.1, 0.15) is 5.65 Å². The third-order valence-electron chi connectivity index (χ3n) is 4.73. The van der Waals surface area contributed by atoms with Gasteiger partial charge in [0.25, 0.3) is 0 Å². The van der Waals surface area contributed by atoms with Crippen LogP contribution >= 0.6 is 0 Å². The molecule has 0 aliphatic carbocycles. The summed E-state index contributed by atoms with van der Waals surface area (Å²) in [7, 11) is 0. The van der Waals surface area contributed by atoms with Crippen molar-refractivity contribution < 1.29 is 13.2 Å². The Balaban J connectivity index is 1.74. The molecule has 0 radical (unpaired) electrons. The second kappa shape index (κ2) is 5.21. The highest BCUT2D eigenvalue weighted by atomic mass is 19.4. The number of pyridine rings is 1. The average Bonchev–Trinajstić information content (AvgIpc) is 3.16. The van der Waals surface area contributed by atoms with E-state index in [1.807, 2.05) is 24.3 Å². The minimum atomic E-state index is -4.20. The second-order valence-electron chi connectivity index (χ2n) is 6.45. The lowest BCUT2D eigenvalue weighted by atomic mass is 10.0. The van der Waals surface area contributed by atoms with Crippen molar-refractivity contribution in [2.45, 2.75) is 12.6 Å². The molecule has 26 heavy (non-hydrogen) atoms. The summed E-state index contributed by atoms with van der Waals surface area (Å²) < 4.78 is 39.9. The monoisotopic (exact) mass is 350 g/mol. The lowest BCUT2D eigenvalue weighted by Crippen LogP contribution is -2.11. The topological polar surface area (TPSA) is 17.3 Å². The number of benzene rings is 2. The van der Waals surface area contributed by atoms with Crippen LogP contribution in [0.5, 0.6) is 0 Å². The number of alkyl halides is 3. The SMILES string of the molecule is FC(F)(F)Cc1ccc(-c2nc3cccc4c5ccccc5c2n34)cc1. The zero-order valence-corrected chi connectivity index (χ0v) is 13.6. The van der Waals surface area contributed by atoms with Crippen molar-refractivity contribution in [1.82, 2.24) is 9.38 Å². The first kappa shape index (κ1) is 15.2. The molecular weight excluding hydrogens is 337 g/mol. The first-order valence-corrected chi connectivity index (χ1v) is 8.28. The van der Waals surface area contributed by atoms with Crippen LogP contribution in [0.15, 0.2) is 66.7 Å². The summed E-state index contributed by atoms with van der Waals surface area (Å²) in [5.74, 6) is 0. The van der Waals surface area contributed by atoms with Gasteiger partial charge in [0.2, 0.25) is 0 Å². The molecule has 0 aliphatic heterocycles. The molecule has 0 bridgehead atoms. The molecule has 5 rings (SSSR count). The molecule has 0 aliphatic rings. The zero-order chi connectivity index (χ0) is 17.9. The van der Waals surface area contributed by atoms with E-state index in [2.05, 4.69) is 22.6 Å². The maximum Gasteiger partial charge on any atom is 0.393 e. The highest BCUT2D eigenvalue weighted by Gasteiger charge is 2.27. The highest BCUT2D eigenvalue weighted by molar-refractivity contribution is 6.13. The highest BCUT2D eigenvalue weighted by Crippen LogP contribution is 2.37. The van der Waals surface area contributed by atoms with Gasteiger partial charge in [-0.25, -0.2) is 4.98 Å². The Hall–Kier alpha value is -3.08. The lowest BCUT2D eigenvalue weighted by molar-refractivity contribution is -0.127. The first-order chi connectivity index (χ1) is 12.5. The van der Waals surface area contributed by atoms with E-state index in [9.17, 15) is 13.2 Å². The fraction of sp³-hybridized carbons (Fsp3) is 0.0952. The molecule has 0 atom stereocenters. The summed E-state index contributed by atoms with van der Waals surface area (Å²) in [6.07, 6.45) is -5.12. The van der Waals surface area contributed by atoms with E-state index >= 15 is 0 Å². The van der Waals surface area contributed by atoms with Crippen LogP contribution in [0.3, 0.4) is 0 Å². The quantitative estimate of drug-likeness (QED) is 0.390. The van der Waals surface area contributed by atoms with Gasteiger partial charge in [0, 0.05) is 16.3 Å². The molecule has 0 saturated carbocycles. The number of hydrogen-bond donors (Lipinski definition) is 0. The molecule has 3 heterocycles. The minimum Gasteiger partial charge on any atom is -0.292 e. The summed E-state index contributed by atoms with van der Waals surface area (Å²) in [6.45, 7) is 0. The molecule has 0 unspecified atom stereocenters. The number of rotatable bonds is 2. The normalized spacial score (nSPS) is 12.6. The average molecular weight is 350 g/mol. The van der Waals surface area contributed by atoms with Gasteiger partial charge in [-0.3, -0.25) is 4.40 Å². The summed E-state index contributed by atoms with van der Waals surface area (Å²) in [5, 5.41) is 2.24. The van der Waals surface area contributed by atoms with Crippen molar-refractivity contribution in [3.63, 3.8) is 0 Å².